The molecule has 0 saturated carbocycles. The molecule has 4 nitrogen and oxygen atoms in total. The molecule has 0 aliphatic rings. The quantitative estimate of drug-likeness (QED) is 0.895. The number of rotatable bonds is 4. The van der Waals surface area contributed by atoms with Gasteiger partial charge in [-0.2, -0.15) is 13.2 Å². The van der Waals surface area contributed by atoms with Crippen molar-refractivity contribution in [3.8, 4) is 0 Å². The highest BCUT2D eigenvalue weighted by Crippen LogP contribution is 2.31. The molecule has 1 atom stereocenters. The smallest absolute Gasteiger partial charge is 0.387 e. The molecule has 1 unspecified atom stereocenters. The van der Waals surface area contributed by atoms with Gasteiger partial charge in [0.15, 0.2) is 0 Å². The number of benzene rings is 1. The maximum Gasteiger partial charge on any atom is 0.418 e. The normalized spacial score (nSPS) is 12.7. The molecule has 8 heteroatoms. The maximum absolute atomic E-state index is 12.8. The first kappa shape index (κ1) is 17.2. The molecule has 2 aromatic rings. The first-order valence-electron chi connectivity index (χ1n) is 6.53. The number of carbonyl (C=O) groups is 1. The number of carbonyl (C=O) groups excluding carboxylic acids is 1. The van der Waals surface area contributed by atoms with Crippen LogP contribution in [-0.2, 0) is 6.18 Å². The van der Waals surface area contributed by atoms with Crippen LogP contribution in [0.2, 0.25) is 5.02 Å². The van der Waals surface area contributed by atoms with E-state index in [-0.39, 0.29) is 6.54 Å². The summed E-state index contributed by atoms with van der Waals surface area (Å²) in [6.45, 7) is -0.295. The number of alkyl halides is 3. The van der Waals surface area contributed by atoms with Crippen molar-refractivity contribution in [2.24, 2.45) is 0 Å². The minimum atomic E-state index is -4.69. The largest absolute Gasteiger partial charge is 0.418 e. The fourth-order valence-corrected chi connectivity index (χ4v) is 2.21. The van der Waals surface area contributed by atoms with E-state index in [2.05, 4.69) is 10.3 Å². The van der Waals surface area contributed by atoms with E-state index >= 15 is 0 Å². The number of nitrogens with one attached hydrogen (secondary N) is 1. The number of hydrogen-bond acceptors (Lipinski definition) is 3. The van der Waals surface area contributed by atoms with Gasteiger partial charge in [0.25, 0.3) is 5.91 Å². The van der Waals surface area contributed by atoms with Crippen LogP contribution in [0.4, 0.5) is 13.2 Å². The number of pyridine rings is 1. The molecule has 1 heterocycles. The van der Waals surface area contributed by atoms with Crippen molar-refractivity contribution in [1.82, 2.24) is 10.3 Å². The Balaban J connectivity index is 2.11. The van der Waals surface area contributed by atoms with Crippen LogP contribution in [0, 0.1) is 0 Å². The molecule has 0 bridgehead atoms. The molecule has 1 aromatic carbocycles. The summed E-state index contributed by atoms with van der Waals surface area (Å²) in [6.07, 6.45) is -4.75. The van der Waals surface area contributed by atoms with Gasteiger partial charge in [-0.15, -0.1) is 0 Å². The van der Waals surface area contributed by atoms with E-state index in [1.165, 1.54) is 0 Å². The Kier molecular flexibility index (Phi) is 5.23. The third kappa shape index (κ3) is 4.20. The Bertz CT molecular complexity index is 707. The van der Waals surface area contributed by atoms with Crippen LogP contribution in [0.25, 0.3) is 0 Å². The number of nitrogens with zero attached hydrogens (tertiary/aromatic N) is 1. The van der Waals surface area contributed by atoms with E-state index in [9.17, 15) is 23.1 Å². The summed E-state index contributed by atoms with van der Waals surface area (Å²) in [5, 5.41) is 12.5. The van der Waals surface area contributed by atoms with Crippen molar-refractivity contribution in [2.45, 2.75) is 12.3 Å². The predicted molar refractivity (Wildman–Crippen MR) is 78.0 cm³/mol. The van der Waals surface area contributed by atoms with Gasteiger partial charge in [0.05, 0.1) is 11.7 Å². The fraction of sp³-hybridized carbons (Fsp3) is 0.200. The van der Waals surface area contributed by atoms with Crippen molar-refractivity contribution in [1.29, 1.82) is 0 Å². The Morgan fingerprint density at radius 2 is 1.96 bits per heavy atom. The van der Waals surface area contributed by atoms with Crippen LogP contribution in [0.1, 0.15) is 27.7 Å². The van der Waals surface area contributed by atoms with Gasteiger partial charge in [0.2, 0.25) is 0 Å². The Morgan fingerprint density at radius 1 is 1.26 bits per heavy atom. The van der Waals surface area contributed by atoms with Crippen LogP contribution in [-0.4, -0.2) is 22.5 Å². The van der Waals surface area contributed by atoms with Crippen LogP contribution >= 0.6 is 11.6 Å². The summed E-state index contributed by atoms with van der Waals surface area (Å²) in [7, 11) is 0. The number of aliphatic hydroxyl groups is 1. The highest BCUT2D eigenvalue weighted by atomic mass is 35.5. The monoisotopic (exact) mass is 344 g/mol. The zero-order valence-corrected chi connectivity index (χ0v) is 12.4. The molecule has 122 valence electrons. The average Bonchev–Trinajstić information content (AvgIpc) is 2.52. The molecule has 0 spiro atoms. The minimum absolute atomic E-state index is 0.295. The van der Waals surface area contributed by atoms with Gasteiger partial charge in [-0.25, -0.2) is 0 Å². The average molecular weight is 345 g/mol. The summed E-state index contributed by atoms with van der Waals surface area (Å²) in [5.41, 5.74) is -1.51. The Hall–Kier alpha value is -2.12. The van der Waals surface area contributed by atoms with E-state index < -0.39 is 29.4 Å². The Labute approximate surface area is 134 Å². The summed E-state index contributed by atoms with van der Waals surface area (Å²) < 4.78 is 38.5. The van der Waals surface area contributed by atoms with Crippen LogP contribution < -0.4 is 5.32 Å². The van der Waals surface area contributed by atoms with Gasteiger partial charge in [0, 0.05) is 23.3 Å². The lowest BCUT2D eigenvalue weighted by molar-refractivity contribution is -0.138. The molecule has 0 fully saturated rings. The zero-order valence-electron chi connectivity index (χ0n) is 11.6. The molecule has 2 N–H and O–H groups in total. The second-order valence-corrected chi connectivity index (χ2v) is 5.05. The molecular weight excluding hydrogens is 333 g/mol. The van der Waals surface area contributed by atoms with Gasteiger partial charge >= 0.3 is 6.18 Å². The van der Waals surface area contributed by atoms with Crippen molar-refractivity contribution in [3.63, 3.8) is 0 Å². The summed E-state index contributed by atoms with van der Waals surface area (Å²) in [6, 6.07) is 8.29. The number of halogens is 4. The number of aromatic nitrogens is 1. The third-order valence-electron chi connectivity index (χ3n) is 3.05. The maximum atomic E-state index is 12.8. The van der Waals surface area contributed by atoms with Gasteiger partial charge in [-0.3, -0.25) is 9.78 Å². The van der Waals surface area contributed by atoms with Gasteiger partial charge in [-0.1, -0.05) is 29.8 Å². The second kappa shape index (κ2) is 6.97. The fourth-order valence-electron chi connectivity index (χ4n) is 1.94. The van der Waals surface area contributed by atoms with E-state index in [4.69, 9.17) is 11.6 Å². The number of aliphatic hydroxyl groups excluding tert-OH is 1. The lowest BCUT2D eigenvalue weighted by Gasteiger charge is -2.15. The van der Waals surface area contributed by atoms with Crippen molar-refractivity contribution in [3.05, 3.63) is 64.4 Å². The predicted octanol–water partition coefficient (Wildman–Crippen LogP) is 3.22. The van der Waals surface area contributed by atoms with Crippen molar-refractivity contribution >= 4 is 17.5 Å². The van der Waals surface area contributed by atoms with Crippen LogP contribution in [0.15, 0.2) is 42.6 Å². The Morgan fingerprint density at radius 3 is 2.61 bits per heavy atom. The van der Waals surface area contributed by atoms with Crippen molar-refractivity contribution in [2.75, 3.05) is 6.54 Å². The second-order valence-electron chi connectivity index (χ2n) is 4.64. The number of hydrogen-bond donors (Lipinski definition) is 2. The molecule has 23 heavy (non-hydrogen) atoms. The molecular formula is C15H12ClF3N2O2. The topological polar surface area (TPSA) is 62.2 Å². The molecule has 0 saturated heterocycles. The van der Waals surface area contributed by atoms with Crippen LogP contribution in [0.5, 0.6) is 0 Å². The summed E-state index contributed by atoms with van der Waals surface area (Å²) >= 11 is 5.90. The standard InChI is InChI=1S/C15H12ClF3N2O2/c16-11-6-2-1-4-9(11)12(22)8-21-14(23)13-10(15(17,18)19)5-3-7-20-13/h1-7,12,22H,8H2,(H,21,23). The molecule has 1 amide bonds. The zero-order chi connectivity index (χ0) is 17.0. The summed E-state index contributed by atoms with van der Waals surface area (Å²) in [4.78, 5) is 15.4. The minimum Gasteiger partial charge on any atom is -0.387 e. The van der Waals surface area contributed by atoms with Gasteiger partial charge in [0.1, 0.15) is 5.69 Å². The van der Waals surface area contributed by atoms with E-state index in [1.54, 1.807) is 24.3 Å². The van der Waals surface area contributed by atoms with Crippen molar-refractivity contribution < 1.29 is 23.1 Å². The van der Waals surface area contributed by atoms with E-state index in [0.717, 1.165) is 18.3 Å². The highest BCUT2D eigenvalue weighted by Gasteiger charge is 2.35. The van der Waals surface area contributed by atoms with E-state index in [1.807, 2.05) is 0 Å². The molecule has 2 rings (SSSR count). The number of amides is 1. The first-order chi connectivity index (χ1) is 10.8. The van der Waals surface area contributed by atoms with Gasteiger partial charge < -0.3 is 10.4 Å². The molecule has 0 radical (unpaired) electrons. The van der Waals surface area contributed by atoms with Crippen LogP contribution in [0.3, 0.4) is 0 Å². The molecule has 0 aliphatic heterocycles. The lowest BCUT2D eigenvalue weighted by Crippen LogP contribution is -2.31. The van der Waals surface area contributed by atoms with Gasteiger partial charge in [-0.05, 0) is 18.2 Å². The molecule has 0 aliphatic carbocycles. The first-order valence-corrected chi connectivity index (χ1v) is 6.91. The SMILES string of the molecule is O=C(NCC(O)c1ccccc1Cl)c1ncccc1C(F)(F)F. The lowest BCUT2D eigenvalue weighted by atomic mass is 10.1. The summed E-state index contributed by atoms with van der Waals surface area (Å²) in [5.74, 6) is -1.02. The highest BCUT2D eigenvalue weighted by molar-refractivity contribution is 6.31. The molecule has 1 aromatic heterocycles. The third-order valence-corrected chi connectivity index (χ3v) is 3.39. The van der Waals surface area contributed by atoms with E-state index in [0.29, 0.717) is 10.6 Å².